The van der Waals surface area contributed by atoms with E-state index in [-0.39, 0.29) is 6.10 Å². The maximum Gasteiger partial charge on any atom is 0.212 e. The summed E-state index contributed by atoms with van der Waals surface area (Å²) < 4.78 is 16.4. The van der Waals surface area contributed by atoms with Crippen LogP contribution in [-0.4, -0.2) is 31.4 Å². The van der Waals surface area contributed by atoms with Crippen molar-refractivity contribution in [2.75, 3.05) is 25.6 Å². The van der Waals surface area contributed by atoms with Crippen LogP contribution < -0.4 is 14.8 Å². The maximum absolute atomic E-state index is 6.01. The van der Waals surface area contributed by atoms with E-state index >= 15 is 0 Å². The van der Waals surface area contributed by atoms with Crippen LogP contribution in [0.5, 0.6) is 11.6 Å². The van der Waals surface area contributed by atoms with Gasteiger partial charge < -0.3 is 19.5 Å². The first-order valence-corrected chi connectivity index (χ1v) is 7.41. The summed E-state index contributed by atoms with van der Waals surface area (Å²) >= 11 is 0. The van der Waals surface area contributed by atoms with Crippen LogP contribution in [0, 0.1) is 0 Å². The second kappa shape index (κ2) is 7.13. The Hall–Kier alpha value is -2.27. The molecule has 116 valence electrons. The number of methoxy groups -OCH3 is 1. The molecule has 0 saturated carbocycles. The molecule has 0 spiro atoms. The lowest BCUT2D eigenvalue weighted by Crippen LogP contribution is -2.16. The van der Waals surface area contributed by atoms with E-state index in [9.17, 15) is 0 Å². The van der Waals surface area contributed by atoms with Crippen molar-refractivity contribution in [3.63, 3.8) is 0 Å². The minimum absolute atomic E-state index is 0.144. The van der Waals surface area contributed by atoms with Gasteiger partial charge in [-0.1, -0.05) is 18.2 Å². The molecule has 1 saturated heterocycles. The highest BCUT2D eigenvalue weighted by Gasteiger charge is 2.18. The number of aromatic nitrogens is 1. The molecule has 2 heterocycles. The Bertz CT molecular complexity index is 595. The summed E-state index contributed by atoms with van der Waals surface area (Å²) in [6.07, 6.45) is 2.89. The van der Waals surface area contributed by atoms with Crippen molar-refractivity contribution in [1.82, 2.24) is 4.98 Å². The number of hydrogen-bond donors (Lipinski definition) is 1. The van der Waals surface area contributed by atoms with E-state index in [0.717, 1.165) is 30.0 Å². The number of hydrogen-bond acceptors (Lipinski definition) is 5. The van der Waals surface area contributed by atoms with Crippen molar-refractivity contribution in [3.05, 3.63) is 48.2 Å². The third-order valence-corrected chi connectivity index (χ3v) is 3.56. The number of para-hydroxylation sites is 2. The number of benzene rings is 1. The zero-order chi connectivity index (χ0) is 15.2. The molecule has 1 N–H and O–H groups in total. The molecule has 0 radical (unpaired) electrons. The summed E-state index contributed by atoms with van der Waals surface area (Å²) in [6, 6.07) is 11.8. The van der Waals surface area contributed by atoms with E-state index in [2.05, 4.69) is 10.3 Å². The van der Waals surface area contributed by atoms with Gasteiger partial charge in [-0.2, -0.15) is 0 Å². The van der Waals surface area contributed by atoms with E-state index in [1.165, 1.54) is 0 Å². The number of rotatable bonds is 6. The highest BCUT2D eigenvalue weighted by atomic mass is 16.5. The van der Waals surface area contributed by atoms with Gasteiger partial charge in [-0.15, -0.1) is 0 Å². The van der Waals surface area contributed by atoms with Crippen molar-refractivity contribution in [3.8, 4) is 11.6 Å². The van der Waals surface area contributed by atoms with Gasteiger partial charge in [-0.3, -0.25) is 0 Å². The molecule has 2 aromatic rings. The lowest BCUT2D eigenvalue weighted by Gasteiger charge is -2.16. The van der Waals surface area contributed by atoms with Crippen LogP contribution in [0.25, 0.3) is 0 Å². The Labute approximate surface area is 130 Å². The van der Waals surface area contributed by atoms with Gasteiger partial charge >= 0.3 is 0 Å². The molecule has 5 heteroatoms. The largest absolute Gasteiger partial charge is 0.486 e. The number of nitrogens with zero attached hydrogens (tertiary/aromatic N) is 1. The summed E-state index contributed by atoms with van der Waals surface area (Å²) in [5.74, 6) is 1.48. The molecule has 1 aliphatic rings. The molecule has 1 aliphatic heterocycles. The molecule has 0 unspecified atom stereocenters. The fourth-order valence-corrected chi connectivity index (χ4v) is 2.33. The molecule has 5 nitrogen and oxygen atoms in total. The number of nitrogens with one attached hydrogen (secondary N) is 1. The molecule has 0 bridgehead atoms. The highest BCUT2D eigenvalue weighted by molar-refractivity contribution is 5.56. The molecule has 1 aromatic carbocycles. The Balaban J connectivity index is 1.63. The smallest absolute Gasteiger partial charge is 0.212 e. The molecule has 0 aliphatic carbocycles. The summed E-state index contributed by atoms with van der Waals surface area (Å²) in [5.41, 5.74) is 2.06. The first-order chi connectivity index (χ1) is 10.8. The zero-order valence-electron chi connectivity index (χ0n) is 12.6. The van der Waals surface area contributed by atoms with E-state index < -0.39 is 0 Å². The lowest BCUT2D eigenvalue weighted by molar-refractivity contribution is 0.142. The fraction of sp³-hybridized carbons (Fsp3) is 0.353. The van der Waals surface area contributed by atoms with Crippen LogP contribution >= 0.6 is 0 Å². The zero-order valence-corrected chi connectivity index (χ0v) is 12.6. The first-order valence-electron chi connectivity index (χ1n) is 7.41. The standard InChI is InChI=1S/C17H20N2O3/c1-20-17-7-6-13(11-19-17)10-18-15-4-2-3-5-16(15)22-14-8-9-21-12-14/h2-7,11,14,18H,8-10,12H2,1H3/t14-/m0/s1. The third-order valence-electron chi connectivity index (χ3n) is 3.56. The number of pyridine rings is 1. The first kappa shape index (κ1) is 14.7. The summed E-state index contributed by atoms with van der Waals surface area (Å²) in [7, 11) is 1.61. The van der Waals surface area contributed by atoms with Gasteiger partial charge in [0.1, 0.15) is 11.9 Å². The van der Waals surface area contributed by atoms with Crippen LogP contribution in [0.4, 0.5) is 5.69 Å². The molecule has 3 rings (SSSR count). The lowest BCUT2D eigenvalue weighted by atomic mass is 10.2. The fourth-order valence-electron chi connectivity index (χ4n) is 2.33. The predicted octanol–water partition coefficient (Wildman–Crippen LogP) is 2.87. The minimum Gasteiger partial charge on any atom is -0.486 e. The van der Waals surface area contributed by atoms with Gasteiger partial charge in [0, 0.05) is 25.2 Å². The normalized spacial score (nSPS) is 17.2. The average Bonchev–Trinajstić information content (AvgIpc) is 3.07. The SMILES string of the molecule is COc1ccc(CNc2ccccc2O[C@H]2CCOC2)cn1. The molecule has 1 aromatic heterocycles. The van der Waals surface area contributed by atoms with Crippen LogP contribution in [-0.2, 0) is 11.3 Å². The van der Waals surface area contributed by atoms with Gasteiger partial charge in [0.15, 0.2) is 0 Å². The van der Waals surface area contributed by atoms with E-state index in [1.54, 1.807) is 13.3 Å². The van der Waals surface area contributed by atoms with Crippen molar-refractivity contribution in [2.24, 2.45) is 0 Å². The van der Waals surface area contributed by atoms with Gasteiger partial charge in [0.25, 0.3) is 0 Å². The maximum atomic E-state index is 6.01. The van der Waals surface area contributed by atoms with Crippen molar-refractivity contribution < 1.29 is 14.2 Å². The Morgan fingerprint density at radius 3 is 2.91 bits per heavy atom. The van der Waals surface area contributed by atoms with Crippen molar-refractivity contribution in [1.29, 1.82) is 0 Å². The molecular weight excluding hydrogens is 280 g/mol. The Kier molecular flexibility index (Phi) is 4.75. The Morgan fingerprint density at radius 1 is 1.27 bits per heavy atom. The van der Waals surface area contributed by atoms with Crippen LogP contribution in [0.2, 0.25) is 0 Å². The van der Waals surface area contributed by atoms with Gasteiger partial charge in [-0.05, 0) is 17.7 Å². The Morgan fingerprint density at radius 2 is 2.18 bits per heavy atom. The summed E-state index contributed by atoms with van der Waals surface area (Å²) in [4.78, 5) is 4.21. The van der Waals surface area contributed by atoms with Crippen molar-refractivity contribution in [2.45, 2.75) is 19.1 Å². The summed E-state index contributed by atoms with van der Waals surface area (Å²) in [5, 5.41) is 3.39. The van der Waals surface area contributed by atoms with Crippen LogP contribution in [0.3, 0.4) is 0 Å². The van der Waals surface area contributed by atoms with Gasteiger partial charge in [0.2, 0.25) is 5.88 Å². The van der Waals surface area contributed by atoms with E-state index in [1.807, 2.05) is 36.4 Å². The average molecular weight is 300 g/mol. The third kappa shape index (κ3) is 3.68. The second-order valence-electron chi connectivity index (χ2n) is 5.16. The summed E-state index contributed by atoms with van der Waals surface area (Å²) in [6.45, 7) is 2.12. The quantitative estimate of drug-likeness (QED) is 0.889. The van der Waals surface area contributed by atoms with E-state index in [0.29, 0.717) is 19.0 Å². The van der Waals surface area contributed by atoms with Crippen molar-refractivity contribution >= 4 is 5.69 Å². The predicted molar refractivity (Wildman–Crippen MR) is 84.4 cm³/mol. The van der Waals surface area contributed by atoms with Crippen LogP contribution in [0.1, 0.15) is 12.0 Å². The van der Waals surface area contributed by atoms with E-state index in [4.69, 9.17) is 14.2 Å². The molecular formula is C17H20N2O3. The number of ether oxygens (including phenoxy) is 3. The molecule has 1 fully saturated rings. The minimum atomic E-state index is 0.144. The van der Waals surface area contributed by atoms with Gasteiger partial charge in [-0.25, -0.2) is 4.98 Å². The highest BCUT2D eigenvalue weighted by Crippen LogP contribution is 2.27. The monoisotopic (exact) mass is 300 g/mol. The molecule has 1 atom stereocenters. The number of anilines is 1. The van der Waals surface area contributed by atoms with Gasteiger partial charge in [0.05, 0.1) is 26.0 Å². The second-order valence-corrected chi connectivity index (χ2v) is 5.16. The molecule has 22 heavy (non-hydrogen) atoms. The molecule has 0 amide bonds. The topological polar surface area (TPSA) is 52.6 Å². The van der Waals surface area contributed by atoms with Crippen LogP contribution in [0.15, 0.2) is 42.6 Å².